The number of rotatable bonds is 4. The second-order valence-corrected chi connectivity index (χ2v) is 7.54. The van der Waals surface area contributed by atoms with Gasteiger partial charge >= 0.3 is 0 Å². The van der Waals surface area contributed by atoms with Crippen molar-refractivity contribution in [3.05, 3.63) is 81.9 Å². The van der Waals surface area contributed by atoms with Crippen LogP contribution < -0.4 is 5.73 Å². The number of aliphatic hydroxyl groups excluding tert-OH is 1. The van der Waals surface area contributed by atoms with E-state index >= 15 is 0 Å². The van der Waals surface area contributed by atoms with Crippen molar-refractivity contribution in [1.82, 2.24) is 4.57 Å². The van der Waals surface area contributed by atoms with Gasteiger partial charge in [0.1, 0.15) is 0 Å². The van der Waals surface area contributed by atoms with Crippen LogP contribution in [-0.2, 0) is 13.2 Å². The van der Waals surface area contributed by atoms with Crippen molar-refractivity contribution in [2.75, 3.05) is 0 Å². The Hall–Kier alpha value is -3.11. The molecule has 28 heavy (non-hydrogen) atoms. The normalized spacial score (nSPS) is 11.4. The summed E-state index contributed by atoms with van der Waals surface area (Å²) in [6.45, 7) is 7.04. The molecule has 142 valence electrons. The second-order valence-electron chi connectivity index (χ2n) is 7.54. The predicted octanol–water partition coefficient (Wildman–Crippen LogP) is 4.36. The van der Waals surface area contributed by atoms with Crippen LogP contribution in [0.25, 0.3) is 21.8 Å². The summed E-state index contributed by atoms with van der Waals surface area (Å²) >= 11 is 0. The Kier molecular flexibility index (Phi) is 4.44. The summed E-state index contributed by atoms with van der Waals surface area (Å²) in [5.74, 6) is -0.432. The molecule has 1 heterocycles. The van der Waals surface area contributed by atoms with E-state index in [9.17, 15) is 9.90 Å². The van der Waals surface area contributed by atoms with Crippen LogP contribution in [0.15, 0.2) is 48.5 Å². The average Bonchev–Trinajstić information content (AvgIpc) is 2.97. The number of aryl methyl sites for hydroxylation is 3. The number of fused-ring (bicyclic) bond motifs is 3. The molecule has 3 N–H and O–H groups in total. The van der Waals surface area contributed by atoms with Gasteiger partial charge in [-0.25, -0.2) is 0 Å². The first-order chi connectivity index (χ1) is 13.4. The highest BCUT2D eigenvalue weighted by Crippen LogP contribution is 2.33. The Balaban J connectivity index is 2.06. The van der Waals surface area contributed by atoms with Gasteiger partial charge < -0.3 is 15.4 Å². The fourth-order valence-corrected chi connectivity index (χ4v) is 4.28. The molecule has 0 fully saturated rings. The van der Waals surface area contributed by atoms with Gasteiger partial charge in [0.15, 0.2) is 0 Å². The first-order valence-corrected chi connectivity index (χ1v) is 9.42. The number of benzene rings is 3. The number of nitrogens with two attached hydrogens (primary N) is 1. The summed E-state index contributed by atoms with van der Waals surface area (Å²) in [4.78, 5) is 12.1. The number of amides is 1. The van der Waals surface area contributed by atoms with Crippen molar-refractivity contribution >= 4 is 27.7 Å². The molecule has 0 aliphatic rings. The number of carbonyl (C=O) groups is 1. The highest BCUT2D eigenvalue weighted by molar-refractivity contribution is 6.18. The van der Waals surface area contributed by atoms with Gasteiger partial charge in [-0.2, -0.15) is 0 Å². The molecule has 0 atom stereocenters. The number of aliphatic hydroxyl groups is 1. The zero-order chi connectivity index (χ0) is 20.0. The molecule has 3 aromatic carbocycles. The van der Waals surface area contributed by atoms with Crippen molar-refractivity contribution in [2.45, 2.75) is 33.9 Å². The van der Waals surface area contributed by atoms with Crippen molar-refractivity contribution in [3.8, 4) is 0 Å². The van der Waals surface area contributed by atoms with Crippen LogP contribution in [0.4, 0.5) is 0 Å². The lowest BCUT2D eigenvalue weighted by Gasteiger charge is -2.14. The monoisotopic (exact) mass is 372 g/mol. The minimum atomic E-state index is -0.432. The summed E-state index contributed by atoms with van der Waals surface area (Å²) in [5, 5.41) is 11.5. The van der Waals surface area contributed by atoms with E-state index in [0.717, 1.165) is 27.4 Å². The topological polar surface area (TPSA) is 68.2 Å². The van der Waals surface area contributed by atoms with Crippen molar-refractivity contribution < 1.29 is 9.90 Å². The third kappa shape index (κ3) is 2.86. The molecule has 0 spiro atoms. The maximum absolute atomic E-state index is 12.1. The fraction of sp³-hybridized carbons (Fsp3) is 0.208. The summed E-state index contributed by atoms with van der Waals surface area (Å²) in [6.07, 6.45) is 0. The third-order valence-corrected chi connectivity index (χ3v) is 5.56. The SMILES string of the molecule is Cc1cc(C)c(Cn2c3cc(CO)ccc3c3c(C(N)=O)cccc32)c(C)c1. The van der Waals surface area contributed by atoms with Gasteiger partial charge in [-0.1, -0.05) is 35.9 Å². The smallest absolute Gasteiger partial charge is 0.249 e. The third-order valence-electron chi connectivity index (χ3n) is 5.56. The molecule has 4 heteroatoms. The molecule has 4 aromatic rings. The molecule has 1 aromatic heterocycles. The van der Waals surface area contributed by atoms with Crippen LogP contribution in [0.3, 0.4) is 0 Å². The first-order valence-electron chi connectivity index (χ1n) is 9.42. The van der Waals surface area contributed by atoms with Crippen LogP contribution in [0.5, 0.6) is 0 Å². The van der Waals surface area contributed by atoms with Crippen molar-refractivity contribution in [1.29, 1.82) is 0 Å². The van der Waals surface area contributed by atoms with E-state index < -0.39 is 5.91 Å². The summed E-state index contributed by atoms with van der Waals surface area (Å²) in [5.41, 5.74) is 14.0. The summed E-state index contributed by atoms with van der Waals surface area (Å²) < 4.78 is 2.22. The lowest BCUT2D eigenvalue weighted by atomic mass is 9.99. The quantitative estimate of drug-likeness (QED) is 0.559. The summed E-state index contributed by atoms with van der Waals surface area (Å²) in [7, 11) is 0. The van der Waals surface area contributed by atoms with Crippen molar-refractivity contribution in [2.24, 2.45) is 5.73 Å². The molecule has 0 saturated carbocycles. The van der Waals surface area contributed by atoms with Gasteiger partial charge in [0.05, 0.1) is 12.1 Å². The number of hydrogen-bond acceptors (Lipinski definition) is 2. The average molecular weight is 372 g/mol. The molecule has 0 bridgehead atoms. The van der Waals surface area contributed by atoms with E-state index in [4.69, 9.17) is 5.73 Å². The van der Waals surface area contributed by atoms with Crippen LogP contribution in [0.1, 0.15) is 38.2 Å². The largest absolute Gasteiger partial charge is 0.392 e. The Morgan fingerprint density at radius 1 is 1.00 bits per heavy atom. The predicted molar refractivity (Wildman–Crippen MR) is 114 cm³/mol. The molecule has 0 aliphatic carbocycles. The number of hydrogen-bond donors (Lipinski definition) is 2. The minimum Gasteiger partial charge on any atom is -0.392 e. The molecular formula is C24H24N2O2. The highest BCUT2D eigenvalue weighted by Gasteiger charge is 2.18. The molecular weight excluding hydrogens is 348 g/mol. The molecule has 0 saturated heterocycles. The number of aromatic nitrogens is 1. The Morgan fingerprint density at radius 3 is 2.36 bits per heavy atom. The molecule has 0 radical (unpaired) electrons. The van der Waals surface area contributed by atoms with Crippen LogP contribution in [-0.4, -0.2) is 15.6 Å². The minimum absolute atomic E-state index is 0.0251. The standard InChI is InChI=1S/C24H24N2O2/c1-14-9-15(2)20(16(3)10-14)12-26-21-6-4-5-19(24(25)28)23(21)18-8-7-17(13-27)11-22(18)26/h4-11,27H,12-13H2,1-3H3,(H2,25,28). The van der Waals surface area contributed by atoms with E-state index in [-0.39, 0.29) is 6.61 Å². The number of nitrogens with zero attached hydrogens (tertiary/aromatic N) is 1. The van der Waals surface area contributed by atoms with E-state index in [0.29, 0.717) is 12.1 Å². The lowest BCUT2D eigenvalue weighted by Crippen LogP contribution is -2.11. The Labute approximate surface area is 164 Å². The number of carbonyl (C=O) groups excluding carboxylic acids is 1. The van der Waals surface area contributed by atoms with Gasteiger partial charge in [0.25, 0.3) is 0 Å². The van der Waals surface area contributed by atoms with E-state index in [1.165, 1.54) is 22.3 Å². The van der Waals surface area contributed by atoms with E-state index in [1.54, 1.807) is 6.07 Å². The molecule has 1 amide bonds. The molecule has 4 rings (SSSR count). The molecule has 0 unspecified atom stereocenters. The van der Waals surface area contributed by atoms with Crippen LogP contribution in [0, 0.1) is 20.8 Å². The van der Waals surface area contributed by atoms with E-state index in [2.05, 4.69) is 37.5 Å². The Morgan fingerprint density at radius 2 is 1.71 bits per heavy atom. The lowest BCUT2D eigenvalue weighted by molar-refractivity contribution is 0.100. The van der Waals surface area contributed by atoms with Gasteiger partial charge in [0.2, 0.25) is 5.91 Å². The van der Waals surface area contributed by atoms with Gasteiger partial charge in [-0.3, -0.25) is 4.79 Å². The van der Waals surface area contributed by atoms with E-state index in [1.807, 2.05) is 30.3 Å². The fourth-order valence-electron chi connectivity index (χ4n) is 4.28. The first kappa shape index (κ1) is 18.3. The summed E-state index contributed by atoms with van der Waals surface area (Å²) in [6, 6.07) is 15.9. The van der Waals surface area contributed by atoms with Gasteiger partial charge in [0, 0.05) is 28.4 Å². The highest BCUT2D eigenvalue weighted by atomic mass is 16.3. The van der Waals surface area contributed by atoms with Crippen LogP contribution in [0.2, 0.25) is 0 Å². The maximum Gasteiger partial charge on any atom is 0.249 e. The zero-order valence-corrected chi connectivity index (χ0v) is 16.4. The van der Waals surface area contributed by atoms with Gasteiger partial charge in [-0.05, 0) is 61.2 Å². The zero-order valence-electron chi connectivity index (χ0n) is 16.4. The van der Waals surface area contributed by atoms with Crippen molar-refractivity contribution in [3.63, 3.8) is 0 Å². The van der Waals surface area contributed by atoms with Gasteiger partial charge in [-0.15, -0.1) is 0 Å². The maximum atomic E-state index is 12.1. The molecule has 4 nitrogen and oxygen atoms in total. The number of primary amides is 1. The Bertz CT molecular complexity index is 1210. The van der Waals surface area contributed by atoms with Crippen LogP contribution >= 0.6 is 0 Å². The second kappa shape index (κ2) is 6.80. The molecule has 0 aliphatic heterocycles.